The number of hydrogen-bond acceptors (Lipinski definition) is 5. The summed E-state index contributed by atoms with van der Waals surface area (Å²) in [5.41, 5.74) is 14.2. The molecule has 0 aliphatic carbocycles. The van der Waals surface area contributed by atoms with Gasteiger partial charge in [0.15, 0.2) is 5.11 Å². The molecule has 9 heteroatoms. The molecule has 0 aromatic heterocycles. The Bertz CT molecular complexity index is 1100. The number of amidine groups is 1. The van der Waals surface area contributed by atoms with E-state index in [2.05, 4.69) is 27.5 Å². The average Bonchev–Trinajstić information content (AvgIpc) is 2.80. The first-order valence-electron chi connectivity index (χ1n) is 9.37. The van der Waals surface area contributed by atoms with E-state index >= 15 is 0 Å². The van der Waals surface area contributed by atoms with Crippen LogP contribution in [0.4, 0.5) is 11.4 Å². The van der Waals surface area contributed by atoms with Crippen molar-refractivity contribution in [1.82, 2.24) is 0 Å². The van der Waals surface area contributed by atoms with Gasteiger partial charge in [0.25, 0.3) is 0 Å². The molecule has 0 atom stereocenters. The molecule has 164 valence electrons. The van der Waals surface area contributed by atoms with Crippen LogP contribution in [-0.4, -0.2) is 35.7 Å². The molecule has 3 aromatic carbocycles. The Balaban J connectivity index is 0.000000258. The highest BCUT2D eigenvalue weighted by molar-refractivity contribution is 7.80. The van der Waals surface area contributed by atoms with Crippen molar-refractivity contribution in [3.05, 3.63) is 83.9 Å². The molecule has 8 nitrogen and oxygen atoms in total. The molecule has 32 heavy (non-hydrogen) atoms. The van der Waals surface area contributed by atoms with Crippen LogP contribution in [0.1, 0.15) is 11.1 Å². The third-order valence-electron chi connectivity index (χ3n) is 3.96. The number of nitrogens with one attached hydrogen (secondary N) is 2. The van der Waals surface area contributed by atoms with Crippen LogP contribution < -0.4 is 21.5 Å². The molecular weight excluding hydrogens is 424 g/mol. The lowest BCUT2D eigenvalue weighted by molar-refractivity contribution is 0.415. The van der Waals surface area contributed by atoms with E-state index in [9.17, 15) is 0 Å². The van der Waals surface area contributed by atoms with Gasteiger partial charge in [0.2, 0.25) is 0 Å². The molecule has 7 N–H and O–H groups in total. The Morgan fingerprint density at radius 1 is 1.06 bits per heavy atom. The van der Waals surface area contributed by atoms with Crippen LogP contribution in [0.25, 0.3) is 0 Å². The molecule has 0 saturated carbocycles. The minimum absolute atomic E-state index is 0.193. The third-order valence-corrected chi connectivity index (χ3v) is 4.07. The number of nitrogens with two attached hydrogens (primary N) is 2. The van der Waals surface area contributed by atoms with Gasteiger partial charge < -0.3 is 32.0 Å². The summed E-state index contributed by atoms with van der Waals surface area (Å²) in [4.78, 5) is 8.16. The summed E-state index contributed by atoms with van der Waals surface area (Å²) in [5.74, 6) is 1.32. The van der Waals surface area contributed by atoms with Crippen molar-refractivity contribution < 1.29 is 9.84 Å². The highest BCUT2D eigenvalue weighted by Gasteiger charge is 1.97. The first-order valence-corrected chi connectivity index (χ1v) is 9.78. The Hall–Kier alpha value is -4.24. The molecule has 0 amide bonds. The second kappa shape index (κ2) is 12.5. The summed E-state index contributed by atoms with van der Waals surface area (Å²) >= 11 is 4.68. The fourth-order valence-electron chi connectivity index (χ4n) is 2.36. The SMILES string of the molecule is COc1cccc(NC(N)=S)c1.N=Cc1ccc(C(N)=NC=Nc2ccc(O)cc2)cc1. The van der Waals surface area contributed by atoms with E-state index in [-0.39, 0.29) is 10.9 Å². The van der Waals surface area contributed by atoms with Gasteiger partial charge in [-0.15, -0.1) is 0 Å². The number of phenolic OH excluding ortho intramolecular Hbond substituents is 1. The monoisotopic (exact) mass is 448 g/mol. The van der Waals surface area contributed by atoms with Crippen LogP contribution in [-0.2, 0) is 0 Å². The highest BCUT2D eigenvalue weighted by atomic mass is 32.1. The van der Waals surface area contributed by atoms with E-state index in [1.807, 2.05) is 24.3 Å². The van der Waals surface area contributed by atoms with E-state index in [0.29, 0.717) is 11.5 Å². The van der Waals surface area contributed by atoms with E-state index in [4.69, 9.17) is 26.7 Å². The second-order valence-electron chi connectivity index (χ2n) is 6.26. The van der Waals surface area contributed by atoms with E-state index in [0.717, 1.165) is 22.6 Å². The Kier molecular flexibility index (Phi) is 9.35. The predicted octanol–water partition coefficient (Wildman–Crippen LogP) is 3.81. The number of nitrogens with zero attached hydrogens (tertiary/aromatic N) is 2. The summed E-state index contributed by atoms with van der Waals surface area (Å²) in [6.07, 6.45) is 2.63. The summed E-state index contributed by atoms with van der Waals surface area (Å²) in [7, 11) is 1.61. The van der Waals surface area contributed by atoms with Crippen molar-refractivity contribution in [3.63, 3.8) is 0 Å². The quantitative estimate of drug-likeness (QED) is 0.220. The number of thiocarbonyl (C=S) groups is 1. The normalized spacial score (nSPS) is 10.7. The maximum atomic E-state index is 9.15. The number of aliphatic imine (C=N–C) groups is 2. The Morgan fingerprint density at radius 3 is 2.34 bits per heavy atom. The standard InChI is InChI=1S/C15H14N4O.C8H10N2OS/c16-9-11-1-3-12(4-2-11)15(17)19-10-18-13-5-7-14(20)8-6-13;1-11-7-4-2-3-6(5-7)10-8(9)12/h1-10,16,20H,(H2,17,18,19);2-5H,1H3,(H3,9,10,12). The zero-order chi connectivity index (χ0) is 23.3. The van der Waals surface area contributed by atoms with Crippen LogP contribution in [0.2, 0.25) is 0 Å². The summed E-state index contributed by atoms with van der Waals surface area (Å²) in [5, 5.41) is 19.3. The molecule has 0 aliphatic heterocycles. The topological polar surface area (TPSA) is 142 Å². The van der Waals surface area contributed by atoms with E-state index < -0.39 is 0 Å². The summed E-state index contributed by atoms with van der Waals surface area (Å²) < 4.78 is 5.01. The van der Waals surface area contributed by atoms with Crippen molar-refractivity contribution in [2.24, 2.45) is 21.5 Å². The van der Waals surface area contributed by atoms with Crippen LogP contribution in [0, 0.1) is 5.41 Å². The lowest BCUT2D eigenvalue weighted by Crippen LogP contribution is -2.18. The van der Waals surface area contributed by atoms with Crippen LogP contribution in [0.3, 0.4) is 0 Å². The van der Waals surface area contributed by atoms with Gasteiger partial charge in [-0.05, 0) is 54.2 Å². The molecule has 0 radical (unpaired) electrons. The van der Waals surface area contributed by atoms with Gasteiger partial charge in [0.1, 0.15) is 23.7 Å². The maximum absolute atomic E-state index is 9.15. The smallest absolute Gasteiger partial charge is 0.168 e. The molecule has 0 unspecified atom stereocenters. The second-order valence-corrected chi connectivity index (χ2v) is 6.70. The molecule has 3 aromatic rings. The number of benzene rings is 3. The minimum Gasteiger partial charge on any atom is -0.508 e. The number of hydrogen-bond donors (Lipinski definition) is 5. The fourth-order valence-corrected chi connectivity index (χ4v) is 2.48. The van der Waals surface area contributed by atoms with Gasteiger partial charge in [0, 0.05) is 23.5 Å². The van der Waals surface area contributed by atoms with Crippen LogP contribution in [0.5, 0.6) is 11.5 Å². The van der Waals surface area contributed by atoms with Crippen molar-refractivity contribution in [3.8, 4) is 11.5 Å². The van der Waals surface area contributed by atoms with Gasteiger partial charge >= 0.3 is 0 Å². The zero-order valence-corrected chi connectivity index (χ0v) is 18.2. The molecule has 0 aliphatic rings. The van der Waals surface area contributed by atoms with Gasteiger partial charge in [-0.1, -0.05) is 30.3 Å². The molecule has 0 bridgehead atoms. The predicted molar refractivity (Wildman–Crippen MR) is 135 cm³/mol. The van der Waals surface area contributed by atoms with E-state index in [1.165, 1.54) is 12.6 Å². The van der Waals surface area contributed by atoms with E-state index in [1.54, 1.807) is 55.6 Å². The minimum atomic E-state index is 0.193. The van der Waals surface area contributed by atoms with Gasteiger partial charge in [-0.3, -0.25) is 0 Å². The molecule has 0 saturated heterocycles. The van der Waals surface area contributed by atoms with Crippen molar-refractivity contribution in [1.29, 1.82) is 5.41 Å². The first-order chi connectivity index (χ1) is 15.4. The number of methoxy groups -OCH3 is 1. The lowest BCUT2D eigenvalue weighted by atomic mass is 10.1. The lowest BCUT2D eigenvalue weighted by Gasteiger charge is -2.04. The zero-order valence-electron chi connectivity index (χ0n) is 17.4. The third kappa shape index (κ3) is 8.25. The number of anilines is 1. The molecular formula is C23H24N6O2S. The number of rotatable bonds is 6. The maximum Gasteiger partial charge on any atom is 0.168 e. The average molecular weight is 449 g/mol. The summed E-state index contributed by atoms with van der Waals surface area (Å²) in [6.45, 7) is 0. The fraction of sp³-hybridized carbons (Fsp3) is 0.0435. The molecule has 3 rings (SSSR count). The Labute approximate surface area is 191 Å². The van der Waals surface area contributed by atoms with Gasteiger partial charge in [-0.25, -0.2) is 9.98 Å². The summed E-state index contributed by atoms with van der Waals surface area (Å²) in [6, 6.07) is 21.0. The van der Waals surface area contributed by atoms with Crippen LogP contribution >= 0.6 is 12.2 Å². The largest absolute Gasteiger partial charge is 0.508 e. The van der Waals surface area contributed by atoms with Crippen molar-refractivity contribution in [2.45, 2.75) is 0 Å². The Morgan fingerprint density at radius 2 is 1.75 bits per heavy atom. The molecule has 0 heterocycles. The van der Waals surface area contributed by atoms with Gasteiger partial charge in [-0.2, -0.15) is 0 Å². The number of phenols is 1. The molecule has 0 fully saturated rings. The number of aromatic hydroxyl groups is 1. The molecule has 0 spiro atoms. The first kappa shape index (κ1) is 24.0. The van der Waals surface area contributed by atoms with Crippen LogP contribution in [0.15, 0.2) is 82.8 Å². The highest BCUT2D eigenvalue weighted by Crippen LogP contribution is 2.16. The van der Waals surface area contributed by atoms with Gasteiger partial charge in [0.05, 0.1) is 12.8 Å². The van der Waals surface area contributed by atoms with Crippen molar-refractivity contribution >= 4 is 47.1 Å². The van der Waals surface area contributed by atoms with Crippen molar-refractivity contribution in [2.75, 3.05) is 12.4 Å². The number of ether oxygens (including phenoxy) is 1.